The van der Waals surface area contributed by atoms with Gasteiger partial charge in [-0.25, -0.2) is 0 Å². The Balaban J connectivity index is 1.80. The number of hydrogen-bond donors (Lipinski definition) is 0. The van der Waals surface area contributed by atoms with E-state index in [0.717, 1.165) is 64.0 Å². The molecule has 0 saturated heterocycles. The van der Waals surface area contributed by atoms with Crippen molar-refractivity contribution >= 4 is 18.5 Å². The van der Waals surface area contributed by atoms with E-state index < -0.39 is 7.25 Å². The number of aromatic nitrogens is 1. The predicted molar refractivity (Wildman–Crippen MR) is 147 cm³/mol. The highest BCUT2D eigenvalue weighted by Crippen LogP contribution is 2.42. The van der Waals surface area contributed by atoms with Crippen molar-refractivity contribution in [3.05, 3.63) is 93.5 Å². The summed E-state index contributed by atoms with van der Waals surface area (Å²) in [6, 6.07) is 16.1. The van der Waals surface area contributed by atoms with E-state index in [1.165, 1.54) is 22.3 Å². The Morgan fingerprint density at radius 3 is 2.08 bits per heavy atom. The number of nitrogens with zero attached hydrogens (tertiary/aromatic N) is 2. The second kappa shape index (κ2) is 9.42. The summed E-state index contributed by atoms with van der Waals surface area (Å²) in [5.41, 5.74) is 11.5. The van der Waals surface area contributed by atoms with Gasteiger partial charge in [0.05, 0.1) is 12.8 Å². The highest BCUT2D eigenvalue weighted by atomic mass is 16.6. The molecule has 3 aromatic rings. The summed E-state index contributed by atoms with van der Waals surface area (Å²) in [7, 11) is 1.10. The maximum atomic E-state index is 6.35. The number of benzene rings is 2. The van der Waals surface area contributed by atoms with E-state index in [2.05, 4.69) is 58.2 Å². The summed E-state index contributed by atoms with van der Waals surface area (Å²) in [4.78, 5) is 5.13. The van der Waals surface area contributed by atoms with E-state index in [-0.39, 0.29) is 0 Å². The Hall–Kier alpha value is -3.67. The number of fused-ring (bicyclic) bond motifs is 1. The number of aliphatic imine (C=N–C) groups is 1. The van der Waals surface area contributed by atoms with Gasteiger partial charge < -0.3 is 18.5 Å². The number of hydrogen-bond acceptors (Lipinski definition) is 4. The standard InChI is InChI=1S/C30H33BN2O3/c1-8-24-18(3)29(32-20(24)5)28(22-14-16-23(34-7)17-15-22)30-19(4)25(9-2)21(6)33(30)31-35-26-12-10-11-13-27(26)36-31/h10-17H,8-9H2,1-7H3/b29-28-. The minimum atomic E-state index is -0.591. The molecule has 3 heterocycles. The summed E-state index contributed by atoms with van der Waals surface area (Å²) in [5.74, 6) is 2.34. The molecule has 36 heavy (non-hydrogen) atoms. The first kappa shape index (κ1) is 24.0. The van der Waals surface area contributed by atoms with Gasteiger partial charge in [0.1, 0.15) is 17.2 Å². The quantitative estimate of drug-likeness (QED) is 0.359. The first-order valence-corrected chi connectivity index (χ1v) is 12.7. The second-order valence-corrected chi connectivity index (χ2v) is 9.36. The average molecular weight is 480 g/mol. The smallest absolute Gasteiger partial charge is 0.503 e. The molecule has 0 bridgehead atoms. The third kappa shape index (κ3) is 3.76. The fourth-order valence-electron chi connectivity index (χ4n) is 5.63. The van der Waals surface area contributed by atoms with Crippen molar-refractivity contribution in [1.82, 2.24) is 4.48 Å². The molecule has 5 nitrogen and oxygen atoms in total. The molecule has 2 aliphatic heterocycles. The maximum absolute atomic E-state index is 6.35. The molecule has 0 spiro atoms. The molecule has 184 valence electrons. The van der Waals surface area contributed by atoms with Gasteiger partial charge in [-0.15, -0.1) is 0 Å². The van der Waals surface area contributed by atoms with Crippen molar-refractivity contribution < 1.29 is 14.0 Å². The summed E-state index contributed by atoms with van der Waals surface area (Å²) in [5, 5.41) is 0. The van der Waals surface area contributed by atoms with E-state index in [0.29, 0.717) is 0 Å². The largest absolute Gasteiger partial charge is 0.743 e. The number of rotatable bonds is 6. The summed E-state index contributed by atoms with van der Waals surface area (Å²) >= 11 is 0. The number of ether oxygens (including phenoxy) is 1. The lowest BCUT2D eigenvalue weighted by Gasteiger charge is -2.19. The van der Waals surface area contributed by atoms with Crippen LogP contribution in [0.25, 0.3) is 5.57 Å². The van der Waals surface area contributed by atoms with Crippen LogP contribution in [0.15, 0.2) is 70.4 Å². The molecular weight excluding hydrogens is 447 g/mol. The fourth-order valence-corrected chi connectivity index (χ4v) is 5.63. The van der Waals surface area contributed by atoms with Crippen LogP contribution in [-0.2, 0) is 6.42 Å². The molecule has 1 aromatic heterocycles. The molecule has 0 N–H and O–H groups in total. The maximum Gasteiger partial charge on any atom is 0.743 e. The van der Waals surface area contributed by atoms with Gasteiger partial charge in [0.2, 0.25) is 0 Å². The molecule has 0 fully saturated rings. The third-order valence-electron chi connectivity index (χ3n) is 7.45. The SMILES string of the molecule is CCC1=C(C)/C(=C(\c2ccc(OC)cc2)c2c(C)c(CC)c(C)n2B2Oc3ccccc3O2)N=C1C. The van der Waals surface area contributed by atoms with Crippen LogP contribution in [0.3, 0.4) is 0 Å². The van der Waals surface area contributed by atoms with Crippen LogP contribution < -0.4 is 14.0 Å². The molecule has 0 unspecified atom stereocenters. The van der Waals surface area contributed by atoms with Gasteiger partial charge >= 0.3 is 7.25 Å². The van der Waals surface area contributed by atoms with Crippen molar-refractivity contribution in [2.45, 2.75) is 54.4 Å². The number of allylic oxidation sites excluding steroid dienone is 2. The first-order valence-electron chi connectivity index (χ1n) is 12.7. The first-order chi connectivity index (χ1) is 17.4. The lowest BCUT2D eigenvalue weighted by molar-refractivity contribution is 0.415. The van der Waals surface area contributed by atoms with E-state index in [4.69, 9.17) is 19.0 Å². The van der Waals surface area contributed by atoms with Crippen molar-refractivity contribution in [3.8, 4) is 17.2 Å². The minimum absolute atomic E-state index is 0.591. The minimum Gasteiger partial charge on any atom is -0.503 e. The zero-order valence-corrected chi connectivity index (χ0v) is 22.2. The Kier molecular flexibility index (Phi) is 6.29. The number of methoxy groups -OCH3 is 1. The van der Waals surface area contributed by atoms with E-state index in [1.54, 1.807) is 7.11 Å². The molecule has 0 radical (unpaired) electrons. The Morgan fingerprint density at radius 1 is 0.917 bits per heavy atom. The topological polar surface area (TPSA) is 45.0 Å². The average Bonchev–Trinajstić information content (AvgIpc) is 3.51. The van der Waals surface area contributed by atoms with Gasteiger partial charge in [-0.05, 0) is 92.6 Å². The second-order valence-electron chi connectivity index (χ2n) is 9.36. The molecule has 0 amide bonds. The van der Waals surface area contributed by atoms with Crippen LogP contribution in [0.4, 0.5) is 0 Å². The molecule has 6 heteroatoms. The van der Waals surface area contributed by atoms with E-state index in [1.807, 2.05) is 36.4 Å². The third-order valence-corrected chi connectivity index (χ3v) is 7.45. The molecular formula is C30H33BN2O3. The van der Waals surface area contributed by atoms with Crippen LogP contribution >= 0.6 is 0 Å². The normalized spacial score (nSPS) is 16.1. The van der Waals surface area contributed by atoms with Crippen LogP contribution in [0.2, 0.25) is 0 Å². The zero-order chi connectivity index (χ0) is 25.6. The van der Waals surface area contributed by atoms with E-state index >= 15 is 0 Å². The highest BCUT2D eigenvalue weighted by molar-refractivity contribution is 6.46. The molecule has 0 saturated carbocycles. The molecule has 0 atom stereocenters. The van der Waals surface area contributed by atoms with Gasteiger partial charge in [-0.3, -0.25) is 4.99 Å². The van der Waals surface area contributed by atoms with Gasteiger partial charge in [0.25, 0.3) is 0 Å². The monoisotopic (exact) mass is 480 g/mol. The van der Waals surface area contributed by atoms with E-state index in [9.17, 15) is 0 Å². The van der Waals surface area contributed by atoms with Gasteiger partial charge in [0.15, 0.2) is 0 Å². The summed E-state index contributed by atoms with van der Waals surface area (Å²) in [6.07, 6.45) is 1.86. The van der Waals surface area contributed by atoms with Crippen molar-refractivity contribution in [2.75, 3.05) is 7.11 Å². The van der Waals surface area contributed by atoms with Gasteiger partial charge in [-0.1, -0.05) is 38.1 Å². The Bertz CT molecular complexity index is 1400. The predicted octanol–water partition coefficient (Wildman–Crippen LogP) is 6.94. The molecule has 2 aromatic carbocycles. The number of para-hydroxylation sites is 2. The lowest BCUT2D eigenvalue weighted by Crippen LogP contribution is -2.36. The van der Waals surface area contributed by atoms with Crippen LogP contribution in [0.5, 0.6) is 17.2 Å². The lowest BCUT2D eigenvalue weighted by atomic mass is 9.92. The van der Waals surface area contributed by atoms with Crippen molar-refractivity contribution in [3.63, 3.8) is 0 Å². The molecule has 5 rings (SSSR count). The summed E-state index contributed by atoms with van der Waals surface area (Å²) in [6.45, 7) is 13.0. The van der Waals surface area contributed by atoms with Crippen LogP contribution in [0, 0.1) is 13.8 Å². The van der Waals surface area contributed by atoms with Crippen molar-refractivity contribution in [2.24, 2.45) is 4.99 Å². The zero-order valence-electron chi connectivity index (χ0n) is 22.2. The Morgan fingerprint density at radius 2 is 1.56 bits per heavy atom. The summed E-state index contributed by atoms with van der Waals surface area (Å²) < 4.78 is 20.4. The molecule has 0 aliphatic carbocycles. The fraction of sp³-hybridized carbons (Fsp3) is 0.300. The molecule has 2 aliphatic rings. The van der Waals surface area contributed by atoms with Gasteiger partial charge in [0, 0.05) is 22.7 Å². The highest BCUT2D eigenvalue weighted by Gasteiger charge is 2.40. The van der Waals surface area contributed by atoms with Crippen molar-refractivity contribution in [1.29, 1.82) is 0 Å². The van der Waals surface area contributed by atoms with Crippen LogP contribution in [-0.4, -0.2) is 24.6 Å². The van der Waals surface area contributed by atoms with Gasteiger partial charge in [-0.2, -0.15) is 0 Å². The van der Waals surface area contributed by atoms with Crippen LogP contribution in [0.1, 0.15) is 62.2 Å². The Labute approximate surface area is 214 Å².